The number of fused-ring (bicyclic) bond motifs is 1. The second kappa shape index (κ2) is 8.96. The third-order valence-corrected chi connectivity index (χ3v) is 5.21. The Morgan fingerprint density at radius 2 is 1.83 bits per heavy atom. The summed E-state index contributed by atoms with van der Waals surface area (Å²) >= 11 is 1.41. The van der Waals surface area contributed by atoms with Crippen LogP contribution in [0.1, 0.15) is 24.2 Å². The number of rotatable bonds is 7. The van der Waals surface area contributed by atoms with Gasteiger partial charge in [0.05, 0.1) is 30.5 Å². The molecule has 0 saturated carbocycles. The average Bonchev–Trinajstić information content (AvgIpc) is 3.03. The minimum atomic E-state index is -0.315. The third kappa shape index (κ3) is 4.51. The summed E-state index contributed by atoms with van der Waals surface area (Å²) in [7, 11) is 3.19. The van der Waals surface area contributed by atoms with Crippen molar-refractivity contribution in [3.63, 3.8) is 0 Å². The van der Waals surface area contributed by atoms with Gasteiger partial charge in [0.25, 0.3) is 5.91 Å². The predicted molar refractivity (Wildman–Crippen MR) is 115 cm³/mol. The van der Waals surface area contributed by atoms with Crippen LogP contribution in [0.3, 0.4) is 0 Å². The van der Waals surface area contributed by atoms with Crippen LogP contribution < -0.4 is 19.0 Å². The fourth-order valence-corrected chi connectivity index (χ4v) is 3.94. The number of ether oxygens (including phenoxy) is 3. The van der Waals surface area contributed by atoms with E-state index in [9.17, 15) is 4.79 Å². The van der Waals surface area contributed by atoms with Gasteiger partial charge in [-0.2, -0.15) is 4.99 Å². The Kier molecular flexibility index (Phi) is 6.39. The van der Waals surface area contributed by atoms with Gasteiger partial charge in [-0.1, -0.05) is 17.4 Å². The number of nitrogens with zero attached hydrogens (tertiary/aromatic N) is 2. The molecule has 2 aromatic carbocycles. The topological polar surface area (TPSA) is 62.1 Å². The maximum atomic E-state index is 12.7. The van der Waals surface area contributed by atoms with Gasteiger partial charge < -0.3 is 18.8 Å². The summed E-state index contributed by atoms with van der Waals surface area (Å²) in [6.07, 6.45) is 1.84. The largest absolute Gasteiger partial charge is 0.493 e. The van der Waals surface area contributed by atoms with Crippen molar-refractivity contribution >= 4 is 27.5 Å². The lowest BCUT2D eigenvalue weighted by atomic mass is 10.2. The fourth-order valence-electron chi connectivity index (χ4n) is 2.89. The average molecular weight is 413 g/mol. The van der Waals surface area contributed by atoms with Gasteiger partial charge in [-0.25, -0.2) is 0 Å². The standard InChI is InChI=1S/C22H24N2O4S/c1-6-11-24-17-12-18(26-4)19(27-5)13-20(17)29-22(24)23-21(25)15-7-9-16(10-8-15)28-14(2)3/h6-10,12-14H,1,11H2,2-5H3. The highest BCUT2D eigenvalue weighted by molar-refractivity contribution is 7.16. The number of hydrogen-bond donors (Lipinski definition) is 0. The van der Waals surface area contributed by atoms with Crippen LogP contribution in [0.25, 0.3) is 10.2 Å². The normalized spacial score (nSPS) is 11.7. The lowest BCUT2D eigenvalue weighted by Gasteiger charge is -2.09. The summed E-state index contributed by atoms with van der Waals surface area (Å²) in [5, 5.41) is 0. The van der Waals surface area contributed by atoms with Gasteiger partial charge in [-0.15, -0.1) is 6.58 Å². The molecule has 0 N–H and O–H groups in total. The maximum Gasteiger partial charge on any atom is 0.279 e. The van der Waals surface area contributed by atoms with Crippen molar-refractivity contribution in [3.8, 4) is 17.2 Å². The van der Waals surface area contributed by atoms with Crippen molar-refractivity contribution < 1.29 is 19.0 Å². The molecule has 0 fully saturated rings. The molecule has 6 nitrogen and oxygen atoms in total. The van der Waals surface area contributed by atoms with Crippen LogP contribution in [-0.4, -0.2) is 30.8 Å². The van der Waals surface area contributed by atoms with Crippen LogP contribution in [-0.2, 0) is 6.54 Å². The van der Waals surface area contributed by atoms with Crippen LogP contribution >= 0.6 is 11.3 Å². The first kappa shape index (κ1) is 20.7. The van der Waals surface area contributed by atoms with Crippen molar-refractivity contribution in [2.75, 3.05) is 14.2 Å². The van der Waals surface area contributed by atoms with E-state index in [-0.39, 0.29) is 12.0 Å². The van der Waals surface area contributed by atoms with Gasteiger partial charge in [0.15, 0.2) is 16.3 Å². The predicted octanol–water partition coefficient (Wildman–Crippen LogP) is 4.43. The summed E-state index contributed by atoms with van der Waals surface area (Å²) in [6, 6.07) is 10.8. The van der Waals surface area contributed by atoms with Crippen molar-refractivity contribution in [3.05, 3.63) is 59.4 Å². The Bertz CT molecular complexity index is 1090. The van der Waals surface area contributed by atoms with Crippen molar-refractivity contribution in [1.29, 1.82) is 0 Å². The van der Waals surface area contributed by atoms with Crippen molar-refractivity contribution in [1.82, 2.24) is 4.57 Å². The maximum absolute atomic E-state index is 12.7. The highest BCUT2D eigenvalue weighted by Gasteiger charge is 2.13. The van der Waals surface area contributed by atoms with Crippen molar-refractivity contribution in [2.24, 2.45) is 4.99 Å². The molecule has 1 amide bonds. The van der Waals surface area contributed by atoms with Crippen molar-refractivity contribution in [2.45, 2.75) is 26.5 Å². The van der Waals surface area contributed by atoms with Crippen LogP contribution in [0.15, 0.2) is 54.0 Å². The SMILES string of the molecule is C=CCn1c(=NC(=O)c2ccc(OC(C)C)cc2)sc2cc(OC)c(OC)cc21. The first-order valence-corrected chi connectivity index (χ1v) is 10.0. The minimum absolute atomic E-state index is 0.0756. The molecule has 0 atom stereocenters. The van der Waals surface area contributed by atoms with Gasteiger partial charge >= 0.3 is 0 Å². The molecular weight excluding hydrogens is 388 g/mol. The van der Waals surface area contributed by atoms with E-state index in [2.05, 4.69) is 11.6 Å². The van der Waals surface area contributed by atoms with E-state index in [0.29, 0.717) is 28.4 Å². The van der Waals surface area contributed by atoms with Gasteiger partial charge in [-0.05, 0) is 38.1 Å². The summed E-state index contributed by atoms with van der Waals surface area (Å²) in [5.74, 6) is 1.66. The molecule has 152 valence electrons. The summed E-state index contributed by atoms with van der Waals surface area (Å²) in [6.45, 7) is 8.25. The number of hydrogen-bond acceptors (Lipinski definition) is 5. The molecule has 0 spiro atoms. The van der Waals surface area contributed by atoms with E-state index in [0.717, 1.165) is 16.0 Å². The molecule has 7 heteroatoms. The number of carbonyl (C=O) groups is 1. The molecule has 0 unspecified atom stereocenters. The fraction of sp³-hybridized carbons (Fsp3) is 0.273. The number of allylic oxidation sites excluding steroid dienone is 1. The van der Waals surface area contributed by atoms with Gasteiger partial charge in [0, 0.05) is 24.2 Å². The smallest absolute Gasteiger partial charge is 0.279 e. The molecular formula is C22H24N2O4S. The second-order valence-corrected chi connectivity index (χ2v) is 7.58. The Morgan fingerprint density at radius 3 is 2.41 bits per heavy atom. The van der Waals surface area contributed by atoms with E-state index >= 15 is 0 Å². The molecule has 1 heterocycles. The number of carbonyl (C=O) groups excluding carboxylic acids is 1. The third-order valence-electron chi connectivity index (χ3n) is 4.17. The zero-order chi connectivity index (χ0) is 21.0. The second-order valence-electron chi connectivity index (χ2n) is 6.57. The van der Waals surface area contributed by atoms with E-state index < -0.39 is 0 Å². The molecule has 0 aliphatic rings. The summed E-state index contributed by atoms with van der Waals surface area (Å²) < 4.78 is 19.3. The van der Waals surface area contributed by atoms with Gasteiger partial charge in [0.1, 0.15) is 5.75 Å². The first-order chi connectivity index (χ1) is 14.0. The number of amides is 1. The van der Waals surface area contributed by atoms with Crippen LogP contribution in [0.5, 0.6) is 17.2 Å². The molecule has 0 radical (unpaired) electrons. The monoisotopic (exact) mass is 412 g/mol. The zero-order valence-corrected chi connectivity index (χ0v) is 17.8. The molecule has 0 aliphatic carbocycles. The zero-order valence-electron chi connectivity index (χ0n) is 17.0. The summed E-state index contributed by atoms with van der Waals surface area (Å²) in [5.41, 5.74) is 1.40. The molecule has 0 saturated heterocycles. The first-order valence-electron chi connectivity index (χ1n) is 9.18. The van der Waals surface area contributed by atoms with E-state index in [1.165, 1.54) is 11.3 Å². The van der Waals surface area contributed by atoms with Crippen LogP contribution in [0, 0.1) is 0 Å². The Hall–Kier alpha value is -3.06. The number of benzene rings is 2. The Morgan fingerprint density at radius 1 is 1.17 bits per heavy atom. The number of methoxy groups -OCH3 is 2. The van der Waals surface area contributed by atoms with Gasteiger partial charge in [0.2, 0.25) is 0 Å². The number of thiazole rings is 1. The number of aromatic nitrogens is 1. The van der Waals surface area contributed by atoms with Gasteiger partial charge in [-0.3, -0.25) is 4.79 Å². The summed E-state index contributed by atoms with van der Waals surface area (Å²) in [4.78, 5) is 17.7. The quantitative estimate of drug-likeness (QED) is 0.539. The minimum Gasteiger partial charge on any atom is -0.493 e. The highest BCUT2D eigenvalue weighted by Crippen LogP contribution is 2.33. The molecule has 29 heavy (non-hydrogen) atoms. The molecule has 0 bridgehead atoms. The Balaban J connectivity index is 2.05. The van der Waals surface area contributed by atoms with E-state index in [4.69, 9.17) is 14.2 Å². The molecule has 3 aromatic rings. The van der Waals surface area contributed by atoms with Crippen LogP contribution in [0.4, 0.5) is 0 Å². The molecule has 3 rings (SSSR count). The Labute approximate surface area is 173 Å². The lowest BCUT2D eigenvalue weighted by Crippen LogP contribution is -2.16. The van der Waals surface area contributed by atoms with E-state index in [1.807, 2.05) is 30.5 Å². The van der Waals surface area contributed by atoms with E-state index in [1.54, 1.807) is 44.6 Å². The van der Waals surface area contributed by atoms with Crippen LogP contribution in [0.2, 0.25) is 0 Å². The lowest BCUT2D eigenvalue weighted by molar-refractivity contribution is 0.0998. The highest BCUT2D eigenvalue weighted by atomic mass is 32.1. The molecule has 0 aliphatic heterocycles. The molecule has 1 aromatic heterocycles.